The van der Waals surface area contributed by atoms with E-state index in [1.807, 2.05) is 19.2 Å². The van der Waals surface area contributed by atoms with Crippen LogP contribution in [0.1, 0.15) is 74.6 Å². The number of H-pyrrole nitrogens is 1. The van der Waals surface area contributed by atoms with Crippen LogP contribution in [-0.4, -0.2) is 22.2 Å². The smallest absolute Gasteiger partial charge is 0.248 e. The number of benzene rings is 1. The number of amides is 1. The van der Waals surface area contributed by atoms with Crippen molar-refractivity contribution in [2.75, 3.05) is 0 Å². The fourth-order valence-electron chi connectivity index (χ4n) is 2.95. The van der Waals surface area contributed by atoms with E-state index in [0.717, 1.165) is 35.4 Å². The zero-order valence-electron chi connectivity index (χ0n) is 15.8. The summed E-state index contributed by atoms with van der Waals surface area (Å²) < 4.78 is 6.11. The largest absolute Gasteiger partial charge is 0.490 e. The summed E-state index contributed by atoms with van der Waals surface area (Å²) in [4.78, 5) is 11.5. The summed E-state index contributed by atoms with van der Waals surface area (Å²) in [6, 6.07) is 5.43. The Hall–Kier alpha value is -2.30. The molecule has 0 radical (unpaired) electrons. The van der Waals surface area contributed by atoms with Gasteiger partial charge in [-0.1, -0.05) is 40.2 Å². The Morgan fingerprint density at radius 1 is 1.32 bits per heavy atom. The molecule has 0 spiro atoms. The maximum Gasteiger partial charge on any atom is 0.248 e. The minimum absolute atomic E-state index is 0.0426. The fraction of sp³-hybridized carbons (Fsp3) is 0.500. The first kappa shape index (κ1) is 19.0. The second-order valence-corrected chi connectivity index (χ2v) is 7.59. The van der Waals surface area contributed by atoms with Gasteiger partial charge in [0.05, 0.1) is 11.8 Å². The standard InChI is InChI=1S/C20H29N3O2/c1-6-7-13(2)25-17-11-15(19(21)24)9-8-14(17)10-16-12-22-23-18(16)20(3,4)5/h8-9,11-13H,6-7,10H2,1-5H3,(H2,21,24)(H,22,23). The van der Waals surface area contributed by atoms with Crippen LogP contribution in [0.3, 0.4) is 0 Å². The lowest BCUT2D eigenvalue weighted by molar-refractivity contribution is 0.0999. The molecule has 0 saturated carbocycles. The van der Waals surface area contributed by atoms with Gasteiger partial charge in [-0.15, -0.1) is 0 Å². The van der Waals surface area contributed by atoms with Crippen molar-refractivity contribution in [3.05, 3.63) is 46.8 Å². The molecule has 1 unspecified atom stereocenters. The van der Waals surface area contributed by atoms with Gasteiger partial charge in [0.1, 0.15) is 5.75 Å². The monoisotopic (exact) mass is 343 g/mol. The Labute approximate surface area is 150 Å². The molecule has 1 atom stereocenters. The number of hydrogen-bond acceptors (Lipinski definition) is 3. The molecule has 3 N–H and O–H groups in total. The van der Waals surface area contributed by atoms with E-state index in [2.05, 4.69) is 37.9 Å². The van der Waals surface area contributed by atoms with Crippen LogP contribution in [0.15, 0.2) is 24.4 Å². The molecule has 0 saturated heterocycles. The maximum atomic E-state index is 11.5. The molecule has 25 heavy (non-hydrogen) atoms. The van der Waals surface area contributed by atoms with Crippen molar-refractivity contribution in [2.24, 2.45) is 5.73 Å². The number of primary amides is 1. The summed E-state index contributed by atoms with van der Waals surface area (Å²) >= 11 is 0. The van der Waals surface area contributed by atoms with E-state index >= 15 is 0 Å². The van der Waals surface area contributed by atoms with Gasteiger partial charge in [-0.3, -0.25) is 9.89 Å². The van der Waals surface area contributed by atoms with E-state index in [1.165, 1.54) is 0 Å². The first-order chi connectivity index (χ1) is 11.7. The Bertz CT molecular complexity index is 729. The number of nitrogens with zero attached hydrogens (tertiary/aromatic N) is 1. The van der Waals surface area contributed by atoms with E-state index in [4.69, 9.17) is 10.5 Å². The van der Waals surface area contributed by atoms with Gasteiger partial charge < -0.3 is 10.5 Å². The van der Waals surface area contributed by atoms with E-state index in [9.17, 15) is 4.79 Å². The number of aromatic nitrogens is 2. The molecular weight excluding hydrogens is 314 g/mol. The predicted octanol–water partition coefficient (Wildman–Crippen LogP) is 3.96. The molecule has 0 aliphatic carbocycles. The molecule has 136 valence electrons. The second kappa shape index (κ2) is 7.72. The van der Waals surface area contributed by atoms with Crippen LogP contribution < -0.4 is 10.5 Å². The van der Waals surface area contributed by atoms with Crippen molar-refractivity contribution in [3.8, 4) is 5.75 Å². The van der Waals surface area contributed by atoms with E-state index in [1.54, 1.807) is 12.1 Å². The van der Waals surface area contributed by atoms with E-state index in [0.29, 0.717) is 12.0 Å². The topological polar surface area (TPSA) is 81.0 Å². The first-order valence-corrected chi connectivity index (χ1v) is 8.85. The van der Waals surface area contributed by atoms with E-state index < -0.39 is 5.91 Å². The van der Waals surface area contributed by atoms with Gasteiger partial charge in [-0.2, -0.15) is 5.10 Å². The van der Waals surface area contributed by atoms with Gasteiger partial charge in [0.2, 0.25) is 5.91 Å². The maximum absolute atomic E-state index is 11.5. The molecule has 0 bridgehead atoms. The molecule has 0 aliphatic heterocycles. The second-order valence-electron chi connectivity index (χ2n) is 7.59. The minimum atomic E-state index is -0.446. The summed E-state index contributed by atoms with van der Waals surface area (Å²) in [5.74, 6) is 0.275. The number of nitrogens with two attached hydrogens (primary N) is 1. The zero-order valence-corrected chi connectivity index (χ0v) is 15.8. The molecule has 0 fully saturated rings. The van der Waals surface area contributed by atoms with Crippen LogP contribution in [0.2, 0.25) is 0 Å². The highest BCUT2D eigenvalue weighted by Gasteiger charge is 2.22. The van der Waals surface area contributed by atoms with Gasteiger partial charge in [0.15, 0.2) is 0 Å². The zero-order chi connectivity index (χ0) is 18.6. The van der Waals surface area contributed by atoms with Crippen LogP contribution in [-0.2, 0) is 11.8 Å². The third-order valence-corrected chi connectivity index (χ3v) is 4.19. The Morgan fingerprint density at radius 3 is 2.64 bits per heavy atom. The average molecular weight is 343 g/mol. The van der Waals surface area contributed by atoms with Crippen LogP contribution in [0.25, 0.3) is 0 Å². The van der Waals surface area contributed by atoms with Crippen LogP contribution >= 0.6 is 0 Å². The minimum Gasteiger partial charge on any atom is -0.490 e. The molecule has 1 heterocycles. The van der Waals surface area contributed by atoms with Crippen molar-refractivity contribution in [2.45, 2.75) is 65.4 Å². The lowest BCUT2D eigenvalue weighted by atomic mass is 9.87. The summed E-state index contributed by atoms with van der Waals surface area (Å²) in [5.41, 5.74) is 9.05. The molecule has 5 heteroatoms. The van der Waals surface area contributed by atoms with E-state index in [-0.39, 0.29) is 11.5 Å². The molecule has 1 aromatic heterocycles. The number of nitrogens with one attached hydrogen (secondary N) is 1. The van der Waals surface area contributed by atoms with Gasteiger partial charge in [0.25, 0.3) is 0 Å². The number of rotatable bonds is 7. The third-order valence-electron chi connectivity index (χ3n) is 4.19. The van der Waals surface area contributed by atoms with Crippen molar-refractivity contribution in [3.63, 3.8) is 0 Å². The number of carbonyl (C=O) groups is 1. The lowest BCUT2D eigenvalue weighted by Crippen LogP contribution is -2.16. The van der Waals surface area contributed by atoms with Crippen molar-refractivity contribution >= 4 is 5.91 Å². The number of carbonyl (C=O) groups excluding carboxylic acids is 1. The Kier molecular flexibility index (Phi) is 5.88. The summed E-state index contributed by atoms with van der Waals surface area (Å²) in [5, 5.41) is 7.38. The van der Waals surface area contributed by atoms with Gasteiger partial charge in [-0.05, 0) is 36.6 Å². The fourth-order valence-corrected chi connectivity index (χ4v) is 2.95. The molecule has 2 aromatic rings. The summed E-state index contributed by atoms with van der Waals surface area (Å²) in [6.45, 7) is 10.6. The number of aromatic amines is 1. The molecule has 2 rings (SSSR count). The van der Waals surface area contributed by atoms with Gasteiger partial charge >= 0.3 is 0 Å². The highest BCUT2D eigenvalue weighted by atomic mass is 16.5. The molecule has 5 nitrogen and oxygen atoms in total. The summed E-state index contributed by atoms with van der Waals surface area (Å²) in [6.07, 6.45) is 4.71. The Balaban J connectivity index is 2.36. The molecule has 1 amide bonds. The number of hydrogen-bond donors (Lipinski definition) is 2. The van der Waals surface area contributed by atoms with Crippen LogP contribution in [0, 0.1) is 0 Å². The van der Waals surface area contributed by atoms with Crippen LogP contribution in [0.5, 0.6) is 5.75 Å². The van der Waals surface area contributed by atoms with Crippen molar-refractivity contribution < 1.29 is 9.53 Å². The van der Waals surface area contributed by atoms with Crippen molar-refractivity contribution in [1.82, 2.24) is 10.2 Å². The van der Waals surface area contributed by atoms with Crippen LogP contribution in [0.4, 0.5) is 0 Å². The summed E-state index contributed by atoms with van der Waals surface area (Å²) in [7, 11) is 0. The first-order valence-electron chi connectivity index (χ1n) is 8.85. The highest BCUT2D eigenvalue weighted by Crippen LogP contribution is 2.29. The molecule has 1 aromatic carbocycles. The molecular formula is C20H29N3O2. The normalized spacial score (nSPS) is 12.8. The van der Waals surface area contributed by atoms with Gasteiger partial charge in [0, 0.05) is 23.6 Å². The third kappa shape index (κ3) is 4.84. The van der Waals surface area contributed by atoms with Crippen molar-refractivity contribution in [1.29, 1.82) is 0 Å². The highest BCUT2D eigenvalue weighted by molar-refractivity contribution is 5.93. The quantitative estimate of drug-likeness (QED) is 0.798. The SMILES string of the molecule is CCCC(C)Oc1cc(C(N)=O)ccc1Cc1c[nH]nc1C(C)(C)C. The predicted molar refractivity (Wildman–Crippen MR) is 100 cm³/mol. The lowest BCUT2D eigenvalue weighted by Gasteiger charge is -2.20. The number of ether oxygens (including phenoxy) is 1. The average Bonchev–Trinajstić information content (AvgIpc) is 2.97. The van der Waals surface area contributed by atoms with Gasteiger partial charge in [-0.25, -0.2) is 0 Å². The Morgan fingerprint density at radius 2 is 2.04 bits per heavy atom. The molecule has 0 aliphatic rings.